The van der Waals surface area contributed by atoms with Crippen molar-refractivity contribution in [2.45, 2.75) is 24.8 Å². The van der Waals surface area contributed by atoms with E-state index >= 15 is 0 Å². The van der Waals surface area contributed by atoms with Crippen LogP contribution in [0.25, 0.3) is 0 Å². The van der Waals surface area contributed by atoms with Crippen molar-refractivity contribution in [2.75, 3.05) is 16.6 Å². The molecule has 3 N–H and O–H groups in total. The van der Waals surface area contributed by atoms with Gasteiger partial charge in [-0.1, -0.05) is 23.8 Å². The van der Waals surface area contributed by atoms with Crippen LogP contribution >= 0.6 is 11.3 Å². The van der Waals surface area contributed by atoms with Gasteiger partial charge in [-0.2, -0.15) is 0 Å². The van der Waals surface area contributed by atoms with Crippen molar-refractivity contribution in [3.8, 4) is 5.75 Å². The lowest BCUT2D eigenvalue weighted by atomic mass is 10.1. The molecular weight excluding hydrogens is 450 g/mol. The number of amides is 2. The van der Waals surface area contributed by atoms with Crippen LogP contribution in [0.1, 0.15) is 33.8 Å². The summed E-state index contributed by atoms with van der Waals surface area (Å²) >= 11 is 1.05. The topological polar surface area (TPSA) is 114 Å². The highest BCUT2D eigenvalue weighted by Gasteiger charge is 2.26. The van der Waals surface area contributed by atoms with Crippen LogP contribution < -0.4 is 20.1 Å². The molecule has 1 atom stereocenters. The predicted octanol–water partition coefficient (Wildman–Crippen LogP) is 3.68. The Morgan fingerprint density at radius 1 is 1.16 bits per heavy atom. The van der Waals surface area contributed by atoms with E-state index in [9.17, 15) is 18.0 Å². The number of carbonyl (C=O) groups excluding carboxylic acids is 2. The maximum atomic E-state index is 12.9. The monoisotopic (exact) mass is 471 g/mol. The van der Waals surface area contributed by atoms with Gasteiger partial charge in [-0.15, -0.1) is 11.3 Å². The fraction of sp³-hybridized carbons (Fsp3) is 0.182. The highest BCUT2D eigenvalue weighted by Crippen LogP contribution is 2.31. The van der Waals surface area contributed by atoms with Gasteiger partial charge >= 0.3 is 0 Å². The van der Waals surface area contributed by atoms with Crippen molar-refractivity contribution in [1.82, 2.24) is 5.32 Å². The van der Waals surface area contributed by atoms with Crippen molar-refractivity contribution >= 4 is 44.5 Å². The molecular formula is C22H21N3O5S2. The van der Waals surface area contributed by atoms with Crippen LogP contribution in [0.2, 0.25) is 0 Å². The Kier molecular flexibility index (Phi) is 5.90. The molecule has 0 radical (unpaired) electrons. The van der Waals surface area contributed by atoms with E-state index in [0.29, 0.717) is 17.1 Å². The van der Waals surface area contributed by atoms with Crippen LogP contribution in [0.4, 0.5) is 11.4 Å². The Hall–Kier alpha value is -3.37. The van der Waals surface area contributed by atoms with Crippen LogP contribution in [0.3, 0.4) is 0 Å². The summed E-state index contributed by atoms with van der Waals surface area (Å²) in [6.07, 6.45) is 0. The minimum Gasteiger partial charge on any atom is -0.482 e. The summed E-state index contributed by atoms with van der Waals surface area (Å²) in [5.41, 5.74) is 2.69. The molecule has 1 aliphatic heterocycles. The first-order valence-corrected chi connectivity index (χ1v) is 12.1. The summed E-state index contributed by atoms with van der Waals surface area (Å²) in [6.45, 7) is 3.65. The van der Waals surface area contributed by atoms with E-state index in [-0.39, 0.29) is 22.3 Å². The largest absolute Gasteiger partial charge is 0.482 e. The molecule has 4 rings (SSSR count). The molecule has 2 amide bonds. The summed E-state index contributed by atoms with van der Waals surface area (Å²) in [7, 11) is -3.94. The second-order valence-electron chi connectivity index (χ2n) is 7.37. The van der Waals surface area contributed by atoms with Crippen molar-refractivity contribution in [1.29, 1.82) is 0 Å². The fourth-order valence-electron chi connectivity index (χ4n) is 3.22. The molecule has 0 saturated carbocycles. The normalized spacial score (nSPS) is 14.0. The number of aryl methyl sites for hydroxylation is 1. The van der Waals surface area contributed by atoms with Gasteiger partial charge in [0.2, 0.25) is 0 Å². The number of anilines is 2. The minimum absolute atomic E-state index is 0.0368. The van der Waals surface area contributed by atoms with Gasteiger partial charge < -0.3 is 15.4 Å². The molecule has 1 unspecified atom stereocenters. The molecule has 10 heteroatoms. The summed E-state index contributed by atoms with van der Waals surface area (Å²) in [4.78, 5) is 24.5. The van der Waals surface area contributed by atoms with E-state index < -0.39 is 22.0 Å². The average Bonchev–Trinajstić information content (AvgIpc) is 3.26. The highest BCUT2D eigenvalue weighted by molar-refractivity contribution is 7.93. The Morgan fingerprint density at radius 2 is 1.91 bits per heavy atom. The van der Waals surface area contributed by atoms with Gasteiger partial charge in [-0.05, 0) is 55.1 Å². The predicted molar refractivity (Wildman–Crippen MR) is 123 cm³/mol. The second-order valence-corrected chi connectivity index (χ2v) is 9.94. The summed E-state index contributed by atoms with van der Waals surface area (Å²) in [5, 5.41) is 7.12. The number of thiophene rings is 1. The SMILES string of the molecule is Cc1ccc(NS(=O)(=O)c2ccsc2C(=O)NC(C)c2ccc3c(c2)NC(=O)CO3)cc1. The number of sulfonamides is 1. The van der Waals surface area contributed by atoms with Gasteiger partial charge in [0.25, 0.3) is 21.8 Å². The van der Waals surface area contributed by atoms with Crippen LogP contribution in [0, 0.1) is 6.92 Å². The number of benzene rings is 2. The lowest BCUT2D eigenvalue weighted by Crippen LogP contribution is -2.28. The Balaban J connectivity index is 1.51. The van der Waals surface area contributed by atoms with E-state index in [0.717, 1.165) is 22.5 Å². The molecule has 2 aromatic carbocycles. The van der Waals surface area contributed by atoms with Gasteiger partial charge in [-0.25, -0.2) is 8.42 Å². The van der Waals surface area contributed by atoms with Gasteiger partial charge in [0.05, 0.1) is 11.7 Å². The summed E-state index contributed by atoms with van der Waals surface area (Å²) < 4.78 is 33.6. The summed E-state index contributed by atoms with van der Waals surface area (Å²) in [5.74, 6) is -0.198. The van der Waals surface area contributed by atoms with E-state index in [1.807, 2.05) is 6.92 Å². The lowest BCUT2D eigenvalue weighted by Gasteiger charge is -2.21. The van der Waals surface area contributed by atoms with E-state index in [2.05, 4.69) is 15.4 Å². The third-order valence-electron chi connectivity index (χ3n) is 4.91. The molecule has 0 aliphatic carbocycles. The van der Waals surface area contributed by atoms with E-state index in [1.165, 1.54) is 6.07 Å². The second kappa shape index (κ2) is 8.64. The number of ether oxygens (including phenoxy) is 1. The molecule has 8 nitrogen and oxygen atoms in total. The lowest BCUT2D eigenvalue weighted by molar-refractivity contribution is -0.118. The number of fused-ring (bicyclic) bond motifs is 1. The number of rotatable bonds is 6. The zero-order valence-electron chi connectivity index (χ0n) is 17.3. The zero-order valence-corrected chi connectivity index (χ0v) is 19.0. The zero-order chi connectivity index (χ0) is 22.9. The highest BCUT2D eigenvalue weighted by atomic mass is 32.2. The van der Waals surface area contributed by atoms with E-state index in [4.69, 9.17) is 4.74 Å². The van der Waals surface area contributed by atoms with Crippen LogP contribution in [-0.4, -0.2) is 26.8 Å². The molecule has 3 aromatic rings. The third-order valence-corrected chi connectivity index (χ3v) is 7.38. The first-order chi connectivity index (χ1) is 15.2. The summed E-state index contributed by atoms with van der Waals surface area (Å²) in [6, 6.07) is 13.1. The molecule has 0 spiro atoms. The molecule has 0 saturated heterocycles. The standard InChI is InChI=1S/C22H21N3O5S2/c1-13-3-6-16(7-4-13)25-32(28,29)19-9-10-31-21(19)22(27)23-14(2)15-5-8-18-17(11-15)24-20(26)12-30-18/h3-11,14,25H,12H2,1-2H3,(H,23,27)(H,24,26). The Morgan fingerprint density at radius 3 is 2.66 bits per heavy atom. The molecule has 0 bridgehead atoms. The van der Waals surface area contributed by atoms with Crippen LogP contribution in [0.15, 0.2) is 58.8 Å². The van der Waals surface area contributed by atoms with Gasteiger partial charge in [0, 0.05) is 5.69 Å². The average molecular weight is 472 g/mol. The van der Waals surface area contributed by atoms with Crippen LogP contribution in [-0.2, 0) is 14.8 Å². The Labute approximate surface area is 189 Å². The van der Waals surface area contributed by atoms with Crippen molar-refractivity contribution in [2.24, 2.45) is 0 Å². The van der Waals surface area contributed by atoms with Crippen LogP contribution in [0.5, 0.6) is 5.75 Å². The van der Waals surface area contributed by atoms with Crippen molar-refractivity contribution < 1.29 is 22.7 Å². The number of carbonyl (C=O) groups is 2. The first kappa shape index (κ1) is 21.8. The molecule has 32 heavy (non-hydrogen) atoms. The third kappa shape index (κ3) is 4.61. The quantitative estimate of drug-likeness (QED) is 0.508. The molecule has 1 aromatic heterocycles. The Bertz CT molecular complexity index is 1280. The number of nitrogens with one attached hydrogen (secondary N) is 3. The van der Waals surface area contributed by atoms with Crippen molar-refractivity contribution in [3.05, 3.63) is 69.9 Å². The molecule has 2 heterocycles. The van der Waals surface area contributed by atoms with Gasteiger partial charge in [0.15, 0.2) is 6.61 Å². The van der Waals surface area contributed by atoms with E-state index in [1.54, 1.807) is 54.8 Å². The smallest absolute Gasteiger partial charge is 0.263 e. The molecule has 1 aliphatic rings. The molecule has 166 valence electrons. The molecule has 0 fully saturated rings. The van der Waals surface area contributed by atoms with Crippen molar-refractivity contribution in [3.63, 3.8) is 0 Å². The minimum atomic E-state index is -3.94. The number of hydrogen-bond acceptors (Lipinski definition) is 6. The fourth-order valence-corrected chi connectivity index (χ4v) is 5.61. The van der Waals surface area contributed by atoms with Gasteiger partial charge in [-0.3, -0.25) is 14.3 Å². The number of hydrogen-bond donors (Lipinski definition) is 3. The first-order valence-electron chi connectivity index (χ1n) is 9.77. The maximum absolute atomic E-state index is 12.9. The van der Waals surface area contributed by atoms with Gasteiger partial charge in [0.1, 0.15) is 15.5 Å². The maximum Gasteiger partial charge on any atom is 0.263 e.